The molecular weight excluding hydrogens is 176 g/mol. The zero-order chi connectivity index (χ0) is 10.2. The van der Waals surface area contributed by atoms with Gasteiger partial charge >= 0.3 is 0 Å². The second-order valence-corrected chi connectivity index (χ2v) is 3.24. The van der Waals surface area contributed by atoms with Gasteiger partial charge in [-0.15, -0.1) is 0 Å². The van der Waals surface area contributed by atoms with Crippen molar-refractivity contribution in [3.05, 3.63) is 29.8 Å². The van der Waals surface area contributed by atoms with Crippen molar-refractivity contribution in [3.8, 4) is 0 Å². The molecule has 4 N–H and O–H groups in total. The summed E-state index contributed by atoms with van der Waals surface area (Å²) in [5.41, 5.74) is 7.81. The van der Waals surface area contributed by atoms with Crippen LogP contribution < -0.4 is 11.1 Å². The van der Waals surface area contributed by atoms with Crippen molar-refractivity contribution in [1.29, 1.82) is 0 Å². The van der Waals surface area contributed by atoms with Gasteiger partial charge in [0.05, 0.1) is 0 Å². The minimum absolute atomic E-state index is 0.234. The van der Waals surface area contributed by atoms with Crippen LogP contribution in [0.25, 0.3) is 0 Å². The van der Waals surface area contributed by atoms with E-state index in [1.165, 1.54) is 5.56 Å². The van der Waals surface area contributed by atoms with Crippen molar-refractivity contribution in [1.82, 2.24) is 0 Å². The number of aliphatic hydroxyl groups excluding tert-OH is 1. The van der Waals surface area contributed by atoms with Crippen molar-refractivity contribution >= 4 is 5.69 Å². The van der Waals surface area contributed by atoms with Gasteiger partial charge in [-0.1, -0.05) is 12.1 Å². The molecule has 0 atom stereocenters. The molecule has 0 radical (unpaired) electrons. The molecule has 0 saturated carbocycles. The largest absolute Gasteiger partial charge is 0.396 e. The number of rotatable bonds is 6. The highest BCUT2D eigenvalue weighted by Gasteiger charge is 1.93. The summed E-state index contributed by atoms with van der Waals surface area (Å²) in [6.45, 7) is 1.74. The van der Waals surface area contributed by atoms with E-state index in [0.717, 1.165) is 25.1 Å². The maximum Gasteiger partial charge on any atom is 0.0447 e. The zero-order valence-electron chi connectivity index (χ0n) is 8.37. The van der Waals surface area contributed by atoms with E-state index in [1.54, 1.807) is 0 Å². The highest BCUT2D eigenvalue weighted by molar-refractivity contribution is 5.44. The van der Waals surface area contributed by atoms with Gasteiger partial charge in [0, 0.05) is 18.8 Å². The van der Waals surface area contributed by atoms with Crippen molar-refractivity contribution in [3.63, 3.8) is 0 Å². The lowest BCUT2D eigenvalue weighted by atomic mass is 10.1. The number of nitrogens with two attached hydrogens (primary N) is 1. The predicted molar refractivity (Wildman–Crippen MR) is 59.4 cm³/mol. The Kier molecular flexibility index (Phi) is 5.04. The fraction of sp³-hybridized carbons (Fsp3) is 0.455. The lowest BCUT2D eigenvalue weighted by Gasteiger charge is -2.05. The van der Waals surface area contributed by atoms with Crippen molar-refractivity contribution in [2.24, 2.45) is 5.73 Å². The lowest BCUT2D eigenvalue weighted by molar-refractivity contribution is 0.292. The third kappa shape index (κ3) is 3.77. The van der Waals surface area contributed by atoms with Crippen LogP contribution >= 0.6 is 0 Å². The van der Waals surface area contributed by atoms with E-state index in [4.69, 9.17) is 10.8 Å². The van der Waals surface area contributed by atoms with Gasteiger partial charge in [0.25, 0.3) is 0 Å². The van der Waals surface area contributed by atoms with Crippen LogP contribution in [0.1, 0.15) is 12.0 Å². The molecule has 0 spiro atoms. The summed E-state index contributed by atoms with van der Waals surface area (Å²) >= 11 is 0. The molecule has 0 aromatic heterocycles. The number of anilines is 1. The summed E-state index contributed by atoms with van der Waals surface area (Å²) in [5, 5.41) is 11.8. The minimum atomic E-state index is 0.234. The van der Waals surface area contributed by atoms with Crippen LogP contribution in [0.5, 0.6) is 0 Å². The first-order valence-corrected chi connectivity index (χ1v) is 5.00. The smallest absolute Gasteiger partial charge is 0.0447 e. The van der Waals surface area contributed by atoms with E-state index >= 15 is 0 Å². The topological polar surface area (TPSA) is 58.3 Å². The Balaban J connectivity index is 2.38. The first kappa shape index (κ1) is 11.0. The Labute approximate surface area is 84.9 Å². The van der Waals surface area contributed by atoms with Crippen LogP contribution in [0.15, 0.2) is 24.3 Å². The Hall–Kier alpha value is -1.06. The van der Waals surface area contributed by atoms with Gasteiger partial charge in [-0.25, -0.2) is 0 Å². The van der Waals surface area contributed by atoms with Crippen LogP contribution in [0, 0.1) is 0 Å². The van der Waals surface area contributed by atoms with Crippen molar-refractivity contribution in [2.75, 3.05) is 25.0 Å². The normalized spacial score (nSPS) is 10.1. The molecule has 0 fully saturated rings. The number of hydrogen-bond donors (Lipinski definition) is 3. The van der Waals surface area contributed by atoms with E-state index in [2.05, 4.69) is 17.4 Å². The second-order valence-electron chi connectivity index (χ2n) is 3.24. The van der Waals surface area contributed by atoms with Crippen LogP contribution in [0.4, 0.5) is 5.69 Å². The lowest BCUT2D eigenvalue weighted by Crippen LogP contribution is -2.04. The molecule has 0 amide bonds. The number of hydrogen-bond acceptors (Lipinski definition) is 3. The molecule has 0 aliphatic rings. The Morgan fingerprint density at radius 3 is 2.50 bits per heavy atom. The molecule has 78 valence electrons. The number of nitrogens with one attached hydrogen (secondary N) is 1. The Morgan fingerprint density at radius 1 is 1.21 bits per heavy atom. The van der Waals surface area contributed by atoms with Gasteiger partial charge < -0.3 is 16.2 Å². The van der Waals surface area contributed by atoms with Crippen LogP contribution in [-0.4, -0.2) is 24.8 Å². The van der Waals surface area contributed by atoms with E-state index in [0.29, 0.717) is 6.54 Å². The molecule has 0 bridgehead atoms. The second kappa shape index (κ2) is 6.40. The number of benzene rings is 1. The standard InChI is InChI=1S/C11H18N2O/c12-7-6-10-2-4-11(5-3-10)13-8-1-9-14/h2-5,13-14H,1,6-9,12H2. The third-order valence-corrected chi connectivity index (χ3v) is 2.05. The van der Waals surface area contributed by atoms with Gasteiger partial charge in [-0.05, 0) is 37.1 Å². The van der Waals surface area contributed by atoms with Crippen molar-refractivity contribution < 1.29 is 5.11 Å². The van der Waals surface area contributed by atoms with Crippen LogP contribution in [0.2, 0.25) is 0 Å². The third-order valence-electron chi connectivity index (χ3n) is 2.05. The maximum atomic E-state index is 8.60. The molecule has 1 rings (SSSR count). The monoisotopic (exact) mass is 194 g/mol. The zero-order valence-corrected chi connectivity index (χ0v) is 8.37. The average Bonchev–Trinajstić information content (AvgIpc) is 2.21. The summed E-state index contributed by atoms with van der Waals surface area (Å²) in [4.78, 5) is 0. The summed E-state index contributed by atoms with van der Waals surface area (Å²) in [6, 6.07) is 8.24. The van der Waals surface area contributed by atoms with Gasteiger partial charge in [-0.2, -0.15) is 0 Å². The maximum absolute atomic E-state index is 8.60. The van der Waals surface area contributed by atoms with Gasteiger partial charge in [0.1, 0.15) is 0 Å². The molecular formula is C11H18N2O. The molecule has 0 unspecified atom stereocenters. The molecule has 3 nitrogen and oxygen atoms in total. The van der Waals surface area contributed by atoms with E-state index < -0.39 is 0 Å². The van der Waals surface area contributed by atoms with Gasteiger partial charge in [0.15, 0.2) is 0 Å². The van der Waals surface area contributed by atoms with E-state index in [1.807, 2.05) is 12.1 Å². The molecule has 0 saturated heterocycles. The first-order valence-electron chi connectivity index (χ1n) is 5.00. The van der Waals surface area contributed by atoms with Crippen molar-refractivity contribution in [2.45, 2.75) is 12.8 Å². The summed E-state index contributed by atoms with van der Waals surface area (Å²) in [6.07, 6.45) is 1.71. The number of aliphatic hydroxyl groups is 1. The molecule has 0 heterocycles. The van der Waals surface area contributed by atoms with Gasteiger partial charge in [0.2, 0.25) is 0 Å². The van der Waals surface area contributed by atoms with E-state index in [-0.39, 0.29) is 6.61 Å². The molecule has 3 heteroatoms. The summed E-state index contributed by atoms with van der Waals surface area (Å²) in [7, 11) is 0. The predicted octanol–water partition coefficient (Wildman–Crippen LogP) is 0.982. The minimum Gasteiger partial charge on any atom is -0.396 e. The molecule has 1 aromatic rings. The highest BCUT2D eigenvalue weighted by atomic mass is 16.3. The molecule has 14 heavy (non-hydrogen) atoms. The quantitative estimate of drug-likeness (QED) is 0.592. The highest BCUT2D eigenvalue weighted by Crippen LogP contribution is 2.09. The Morgan fingerprint density at radius 2 is 1.93 bits per heavy atom. The van der Waals surface area contributed by atoms with E-state index in [9.17, 15) is 0 Å². The molecule has 0 aliphatic heterocycles. The summed E-state index contributed by atoms with van der Waals surface area (Å²) in [5.74, 6) is 0. The molecule has 0 aliphatic carbocycles. The van der Waals surface area contributed by atoms with Crippen LogP contribution in [0.3, 0.4) is 0 Å². The average molecular weight is 194 g/mol. The first-order chi connectivity index (χ1) is 6.86. The molecule has 1 aromatic carbocycles. The fourth-order valence-electron chi connectivity index (χ4n) is 1.27. The Bertz CT molecular complexity index is 246. The fourth-order valence-corrected chi connectivity index (χ4v) is 1.27. The van der Waals surface area contributed by atoms with Crippen LogP contribution in [-0.2, 0) is 6.42 Å². The summed E-state index contributed by atoms with van der Waals surface area (Å²) < 4.78 is 0. The SMILES string of the molecule is NCCc1ccc(NCCCO)cc1. The van der Waals surface area contributed by atoms with Gasteiger partial charge in [-0.3, -0.25) is 0 Å².